The van der Waals surface area contributed by atoms with E-state index < -0.39 is 15.8 Å². The summed E-state index contributed by atoms with van der Waals surface area (Å²) in [5.41, 5.74) is 5.93. The van der Waals surface area contributed by atoms with Gasteiger partial charge in [0.1, 0.15) is 11.6 Å². The Bertz CT molecular complexity index is 519. The van der Waals surface area contributed by atoms with Crippen molar-refractivity contribution in [1.82, 2.24) is 0 Å². The van der Waals surface area contributed by atoms with Gasteiger partial charge in [-0.25, -0.2) is 17.9 Å². The molecule has 0 unspecified atom stereocenters. The zero-order valence-electron chi connectivity index (χ0n) is 9.94. The Morgan fingerprint density at radius 2 is 2.11 bits per heavy atom. The van der Waals surface area contributed by atoms with Gasteiger partial charge in [0.25, 0.3) is 0 Å². The third kappa shape index (κ3) is 4.38. The fourth-order valence-corrected chi connectivity index (χ4v) is 1.92. The molecule has 0 aliphatic carbocycles. The molecule has 0 atom stereocenters. The van der Waals surface area contributed by atoms with E-state index in [-0.39, 0.29) is 30.1 Å². The second kappa shape index (κ2) is 5.87. The Morgan fingerprint density at radius 1 is 1.44 bits per heavy atom. The Labute approximate surface area is 105 Å². The van der Waals surface area contributed by atoms with Crippen molar-refractivity contribution in [3.05, 3.63) is 17.9 Å². The predicted octanol–water partition coefficient (Wildman–Crippen LogP) is 0.507. The second-order valence-corrected chi connectivity index (χ2v) is 5.46. The SMILES string of the molecule is COc1cc(NCCCS(N)(=O)=O)c(F)cc1N. The molecule has 1 aromatic carbocycles. The molecule has 8 heteroatoms. The number of nitrogens with two attached hydrogens (primary N) is 2. The lowest BCUT2D eigenvalue weighted by atomic mass is 10.2. The van der Waals surface area contributed by atoms with Crippen LogP contribution in [-0.4, -0.2) is 27.8 Å². The van der Waals surface area contributed by atoms with Crippen LogP contribution >= 0.6 is 0 Å². The molecule has 5 N–H and O–H groups in total. The molecule has 1 aromatic rings. The molecule has 0 amide bonds. The van der Waals surface area contributed by atoms with E-state index in [1.165, 1.54) is 13.2 Å². The van der Waals surface area contributed by atoms with Crippen LogP contribution in [0.15, 0.2) is 12.1 Å². The Kier molecular flexibility index (Phi) is 4.74. The first kappa shape index (κ1) is 14.5. The number of primary sulfonamides is 1. The Balaban J connectivity index is 2.62. The number of nitrogen functional groups attached to an aromatic ring is 1. The van der Waals surface area contributed by atoms with E-state index in [4.69, 9.17) is 15.6 Å². The molecule has 0 heterocycles. The molecule has 102 valence electrons. The van der Waals surface area contributed by atoms with Crippen LogP contribution < -0.4 is 20.9 Å². The molecular formula is C10H16FN3O3S. The molecule has 0 bridgehead atoms. The van der Waals surface area contributed by atoms with Crippen molar-refractivity contribution >= 4 is 21.4 Å². The highest BCUT2D eigenvalue weighted by Crippen LogP contribution is 2.28. The van der Waals surface area contributed by atoms with Crippen LogP contribution in [0.5, 0.6) is 5.75 Å². The summed E-state index contributed by atoms with van der Waals surface area (Å²) in [6.07, 6.45) is 0.283. The van der Waals surface area contributed by atoms with Gasteiger partial charge in [-0.15, -0.1) is 0 Å². The molecule has 0 aromatic heterocycles. The van der Waals surface area contributed by atoms with Crippen LogP contribution in [-0.2, 0) is 10.0 Å². The number of ether oxygens (including phenoxy) is 1. The van der Waals surface area contributed by atoms with Crippen LogP contribution in [0.25, 0.3) is 0 Å². The minimum atomic E-state index is -3.49. The minimum Gasteiger partial charge on any atom is -0.495 e. The van der Waals surface area contributed by atoms with Gasteiger partial charge >= 0.3 is 0 Å². The zero-order chi connectivity index (χ0) is 13.8. The van der Waals surface area contributed by atoms with Crippen molar-refractivity contribution in [2.24, 2.45) is 5.14 Å². The maximum absolute atomic E-state index is 13.5. The summed E-state index contributed by atoms with van der Waals surface area (Å²) in [5.74, 6) is -0.331. The van der Waals surface area contributed by atoms with Gasteiger partial charge in [0.05, 0.1) is 24.2 Å². The smallest absolute Gasteiger partial charge is 0.209 e. The Hall–Kier alpha value is -1.54. The quantitative estimate of drug-likeness (QED) is 0.518. The van der Waals surface area contributed by atoms with Crippen molar-refractivity contribution in [2.45, 2.75) is 6.42 Å². The fourth-order valence-electron chi connectivity index (χ4n) is 1.38. The number of sulfonamides is 1. The van der Waals surface area contributed by atoms with E-state index in [0.717, 1.165) is 6.07 Å². The summed E-state index contributed by atoms with van der Waals surface area (Å²) in [4.78, 5) is 0. The van der Waals surface area contributed by atoms with Crippen LogP contribution in [0.3, 0.4) is 0 Å². The average molecular weight is 277 g/mol. The predicted molar refractivity (Wildman–Crippen MR) is 68.4 cm³/mol. The third-order valence-corrected chi connectivity index (χ3v) is 3.10. The van der Waals surface area contributed by atoms with Crippen LogP contribution in [0.4, 0.5) is 15.8 Å². The van der Waals surface area contributed by atoms with E-state index in [1.807, 2.05) is 0 Å². The van der Waals surface area contributed by atoms with Crippen molar-refractivity contribution in [1.29, 1.82) is 0 Å². The lowest BCUT2D eigenvalue weighted by molar-refractivity contribution is 0.416. The van der Waals surface area contributed by atoms with Crippen LogP contribution in [0.2, 0.25) is 0 Å². The van der Waals surface area contributed by atoms with Gasteiger partial charge in [-0.3, -0.25) is 0 Å². The van der Waals surface area contributed by atoms with Crippen molar-refractivity contribution in [3.63, 3.8) is 0 Å². The van der Waals surface area contributed by atoms with Gasteiger partial charge in [-0.1, -0.05) is 0 Å². The van der Waals surface area contributed by atoms with Gasteiger partial charge in [0, 0.05) is 18.7 Å². The summed E-state index contributed by atoms with van der Waals surface area (Å²) >= 11 is 0. The maximum atomic E-state index is 13.5. The molecule has 0 aliphatic heterocycles. The number of rotatable bonds is 6. The van der Waals surface area contributed by atoms with Crippen molar-refractivity contribution in [3.8, 4) is 5.75 Å². The van der Waals surface area contributed by atoms with E-state index in [1.54, 1.807) is 0 Å². The van der Waals surface area contributed by atoms with Gasteiger partial charge in [0.2, 0.25) is 10.0 Å². The van der Waals surface area contributed by atoms with Crippen molar-refractivity contribution < 1.29 is 17.5 Å². The van der Waals surface area contributed by atoms with E-state index in [0.29, 0.717) is 5.75 Å². The first-order chi connectivity index (χ1) is 8.33. The Morgan fingerprint density at radius 3 is 2.67 bits per heavy atom. The summed E-state index contributed by atoms with van der Waals surface area (Å²) < 4.78 is 39.8. The monoisotopic (exact) mass is 277 g/mol. The number of hydrogen-bond donors (Lipinski definition) is 3. The highest BCUT2D eigenvalue weighted by atomic mass is 32.2. The third-order valence-electron chi connectivity index (χ3n) is 2.24. The van der Waals surface area contributed by atoms with Crippen LogP contribution in [0, 0.1) is 5.82 Å². The minimum absolute atomic E-state index is 0.159. The summed E-state index contributed by atoms with van der Waals surface area (Å²) in [7, 11) is -2.06. The van der Waals surface area contributed by atoms with Gasteiger partial charge in [-0.2, -0.15) is 0 Å². The summed E-state index contributed by atoms with van der Waals surface area (Å²) in [6, 6.07) is 2.56. The molecule has 0 spiro atoms. The number of halogens is 1. The molecule has 0 saturated carbocycles. The second-order valence-electron chi connectivity index (χ2n) is 3.72. The van der Waals surface area contributed by atoms with Gasteiger partial charge in [-0.05, 0) is 6.42 Å². The van der Waals surface area contributed by atoms with E-state index in [2.05, 4.69) is 5.32 Å². The lowest BCUT2D eigenvalue weighted by Crippen LogP contribution is -2.18. The normalized spacial score (nSPS) is 11.3. The summed E-state index contributed by atoms with van der Waals surface area (Å²) in [6.45, 7) is 0.278. The van der Waals surface area contributed by atoms with E-state index in [9.17, 15) is 12.8 Å². The van der Waals surface area contributed by atoms with Gasteiger partial charge in [0.15, 0.2) is 0 Å². The number of methoxy groups -OCH3 is 1. The first-order valence-electron chi connectivity index (χ1n) is 5.21. The molecule has 6 nitrogen and oxygen atoms in total. The molecule has 18 heavy (non-hydrogen) atoms. The maximum Gasteiger partial charge on any atom is 0.209 e. The van der Waals surface area contributed by atoms with Gasteiger partial charge < -0.3 is 15.8 Å². The lowest BCUT2D eigenvalue weighted by Gasteiger charge is -2.11. The molecule has 1 rings (SSSR count). The number of benzene rings is 1. The number of hydrogen-bond acceptors (Lipinski definition) is 5. The first-order valence-corrected chi connectivity index (χ1v) is 6.92. The zero-order valence-corrected chi connectivity index (χ0v) is 10.8. The average Bonchev–Trinajstić information content (AvgIpc) is 2.25. The largest absolute Gasteiger partial charge is 0.495 e. The molecule has 0 radical (unpaired) electrons. The molecule has 0 fully saturated rings. The molecule has 0 saturated heterocycles. The van der Waals surface area contributed by atoms with Crippen molar-refractivity contribution in [2.75, 3.05) is 30.5 Å². The number of nitrogens with one attached hydrogen (secondary N) is 1. The van der Waals surface area contributed by atoms with E-state index >= 15 is 0 Å². The topological polar surface area (TPSA) is 107 Å². The number of anilines is 2. The summed E-state index contributed by atoms with van der Waals surface area (Å²) in [5, 5.41) is 7.60. The fraction of sp³-hybridized carbons (Fsp3) is 0.400. The molecular weight excluding hydrogens is 261 g/mol. The highest BCUT2D eigenvalue weighted by Gasteiger charge is 2.08. The standard InChI is InChI=1S/C10H16FN3O3S/c1-17-10-6-9(7(11)5-8(10)12)14-3-2-4-18(13,15)16/h5-6,14H,2-4,12H2,1H3,(H2,13,15,16). The highest BCUT2D eigenvalue weighted by molar-refractivity contribution is 7.89. The van der Waals surface area contributed by atoms with Crippen LogP contribution in [0.1, 0.15) is 6.42 Å². The molecule has 0 aliphatic rings.